The van der Waals surface area contributed by atoms with Gasteiger partial charge >= 0.3 is 11.8 Å². The van der Waals surface area contributed by atoms with Gasteiger partial charge in [-0.05, 0) is 74.8 Å². The number of aryl methyl sites for hydroxylation is 2. The fraction of sp³-hybridized carbons (Fsp3) is 0.667. The normalized spacial score (nSPS) is 34.8. The average Bonchev–Trinajstić information content (AvgIpc) is 3.34. The standard InChI is InChI=1S/C24H31N5O4/c1-13-5-18-20(26-11-13)29(22(31)27(18)2)17-3-4-28(12-17)23(32)33-19-15-6-14-7-16(19)10-24(8-14,9-15)21(25)30/h5,11,14-17,19H,3-4,6-10,12H2,1-2H3,(H2,25,30)/t14?,15?,16?,17-,19?,24?/m1/s1. The molecule has 2 aromatic rings. The lowest BCUT2D eigenvalue weighted by Crippen LogP contribution is -2.59. The predicted molar refractivity (Wildman–Crippen MR) is 120 cm³/mol. The number of rotatable bonds is 3. The van der Waals surface area contributed by atoms with Gasteiger partial charge in [-0.15, -0.1) is 0 Å². The number of nitrogens with two attached hydrogens (primary N) is 1. The topological polar surface area (TPSA) is 112 Å². The minimum absolute atomic E-state index is 0.110. The van der Waals surface area contributed by atoms with Crippen molar-refractivity contribution in [3.8, 4) is 0 Å². The van der Waals surface area contributed by atoms with Crippen LogP contribution in [0.25, 0.3) is 11.2 Å². The second kappa shape index (κ2) is 7.08. The van der Waals surface area contributed by atoms with Crippen LogP contribution in [-0.2, 0) is 16.6 Å². The fourth-order valence-corrected chi connectivity index (χ4v) is 7.44. The van der Waals surface area contributed by atoms with Crippen molar-refractivity contribution in [2.24, 2.45) is 36.0 Å². The summed E-state index contributed by atoms with van der Waals surface area (Å²) in [5, 5.41) is 0. The molecule has 1 saturated heterocycles. The van der Waals surface area contributed by atoms with Crippen molar-refractivity contribution >= 4 is 23.2 Å². The van der Waals surface area contributed by atoms with Gasteiger partial charge in [0.1, 0.15) is 6.10 Å². The van der Waals surface area contributed by atoms with Crippen LogP contribution in [0.4, 0.5) is 4.79 Å². The first-order valence-electron chi connectivity index (χ1n) is 12.0. The lowest BCUT2D eigenvalue weighted by atomic mass is 9.48. The third-order valence-corrected chi connectivity index (χ3v) is 8.80. The number of primary amides is 1. The van der Waals surface area contributed by atoms with Crippen molar-refractivity contribution in [2.45, 2.75) is 57.6 Å². The Morgan fingerprint density at radius 3 is 2.64 bits per heavy atom. The van der Waals surface area contributed by atoms with Gasteiger partial charge in [0.05, 0.1) is 17.0 Å². The summed E-state index contributed by atoms with van der Waals surface area (Å²) in [6.45, 7) is 2.94. The van der Waals surface area contributed by atoms with Crippen LogP contribution >= 0.6 is 0 Å². The van der Waals surface area contributed by atoms with Gasteiger partial charge in [-0.3, -0.25) is 13.9 Å². The van der Waals surface area contributed by atoms with Gasteiger partial charge in [-0.2, -0.15) is 0 Å². The Morgan fingerprint density at radius 1 is 1.21 bits per heavy atom. The maximum atomic E-state index is 13.1. The molecule has 2 amide bonds. The first-order valence-corrected chi connectivity index (χ1v) is 12.0. The number of nitrogens with zero attached hydrogens (tertiary/aromatic N) is 4. The van der Waals surface area contributed by atoms with E-state index in [-0.39, 0.29) is 47.1 Å². The highest BCUT2D eigenvalue weighted by atomic mass is 16.6. The lowest BCUT2D eigenvalue weighted by Gasteiger charge is -2.58. The molecule has 1 aliphatic heterocycles. The molecule has 2 N–H and O–H groups in total. The van der Waals surface area contributed by atoms with E-state index in [4.69, 9.17) is 10.5 Å². The largest absolute Gasteiger partial charge is 0.446 e. The Balaban J connectivity index is 1.18. The molecule has 0 aromatic carbocycles. The third kappa shape index (κ3) is 3.04. The third-order valence-electron chi connectivity index (χ3n) is 8.80. The number of aromatic nitrogens is 3. The molecule has 176 valence electrons. The van der Waals surface area contributed by atoms with E-state index in [1.54, 1.807) is 27.3 Å². The monoisotopic (exact) mass is 453 g/mol. The van der Waals surface area contributed by atoms with Gasteiger partial charge in [0.15, 0.2) is 5.65 Å². The summed E-state index contributed by atoms with van der Waals surface area (Å²) >= 11 is 0. The molecule has 3 atom stereocenters. The Labute approximate surface area is 191 Å². The molecular formula is C24H31N5O4. The molecule has 4 bridgehead atoms. The first kappa shape index (κ1) is 20.7. The van der Waals surface area contributed by atoms with Crippen molar-refractivity contribution in [3.05, 3.63) is 28.3 Å². The zero-order chi connectivity index (χ0) is 23.1. The summed E-state index contributed by atoms with van der Waals surface area (Å²) in [4.78, 5) is 44.5. The van der Waals surface area contributed by atoms with E-state index < -0.39 is 0 Å². The van der Waals surface area contributed by atoms with Gasteiger partial charge in [0.25, 0.3) is 0 Å². The van der Waals surface area contributed by atoms with Crippen LogP contribution in [-0.4, -0.2) is 50.2 Å². The van der Waals surface area contributed by atoms with Crippen LogP contribution in [0.1, 0.15) is 50.1 Å². The second-order valence-electron chi connectivity index (χ2n) is 10.9. The number of hydrogen-bond acceptors (Lipinski definition) is 5. The van der Waals surface area contributed by atoms with Gasteiger partial charge in [0.2, 0.25) is 5.91 Å². The molecule has 4 saturated carbocycles. The Bertz CT molecular complexity index is 1200. The van der Waals surface area contributed by atoms with E-state index in [9.17, 15) is 14.4 Å². The predicted octanol–water partition coefficient (Wildman–Crippen LogP) is 2.11. The van der Waals surface area contributed by atoms with E-state index in [0.29, 0.717) is 31.1 Å². The minimum Gasteiger partial charge on any atom is -0.446 e. The molecule has 5 fully saturated rings. The number of carbonyl (C=O) groups is 2. The smallest absolute Gasteiger partial charge is 0.410 e. The molecule has 7 rings (SSSR count). The molecule has 0 spiro atoms. The lowest BCUT2D eigenvalue weighted by molar-refractivity contribution is -0.161. The van der Waals surface area contributed by atoms with Crippen LogP contribution in [0.5, 0.6) is 0 Å². The Kier molecular flexibility index (Phi) is 4.45. The van der Waals surface area contributed by atoms with Crippen LogP contribution < -0.4 is 11.4 Å². The number of ether oxygens (including phenoxy) is 1. The summed E-state index contributed by atoms with van der Waals surface area (Å²) in [5.74, 6) is 0.785. The summed E-state index contributed by atoms with van der Waals surface area (Å²) in [6, 6.07) is 1.84. The van der Waals surface area contributed by atoms with E-state index >= 15 is 0 Å². The van der Waals surface area contributed by atoms with E-state index in [1.807, 2.05) is 13.0 Å². The maximum Gasteiger partial charge on any atom is 0.410 e. The summed E-state index contributed by atoms with van der Waals surface area (Å²) in [6.07, 6.45) is 6.44. The number of carbonyl (C=O) groups excluding carboxylic acids is 2. The Hall–Kier alpha value is -2.84. The van der Waals surface area contributed by atoms with Gasteiger partial charge in [-0.1, -0.05) is 0 Å². The molecule has 0 radical (unpaired) electrons. The molecular weight excluding hydrogens is 422 g/mol. The minimum atomic E-state index is -0.390. The van der Waals surface area contributed by atoms with Crippen LogP contribution in [0.2, 0.25) is 0 Å². The molecule has 4 aliphatic carbocycles. The van der Waals surface area contributed by atoms with Crippen molar-refractivity contribution in [1.29, 1.82) is 0 Å². The van der Waals surface area contributed by atoms with E-state index in [1.165, 1.54) is 0 Å². The van der Waals surface area contributed by atoms with E-state index in [0.717, 1.165) is 43.2 Å². The molecule has 2 unspecified atom stereocenters. The molecule has 9 heteroatoms. The number of fused-ring (bicyclic) bond motifs is 1. The number of imidazole rings is 1. The summed E-state index contributed by atoms with van der Waals surface area (Å²) < 4.78 is 9.43. The first-order chi connectivity index (χ1) is 15.8. The van der Waals surface area contributed by atoms with Gasteiger partial charge < -0.3 is 15.4 Å². The van der Waals surface area contributed by atoms with Crippen LogP contribution in [0, 0.1) is 30.1 Å². The van der Waals surface area contributed by atoms with Crippen molar-refractivity contribution in [2.75, 3.05) is 13.1 Å². The molecule has 5 aliphatic rings. The van der Waals surface area contributed by atoms with Crippen LogP contribution in [0.3, 0.4) is 0 Å². The maximum absolute atomic E-state index is 13.1. The second-order valence-corrected chi connectivity index (χ2v) is 10.9. The number of hydrogen-bond donors (Lipinski definition) is 1. The SMILES string of the molecule is Cc1cnc2c(c1)n(C)c(=O)n2[C@@H]1CCN(C(=O)OC2C3CC4CC2CC(C(N)=O)(C4)C3)C1. The highest BCUT2D eigenvalue weighted by Gasteiger charge is 2.59. The van der Waals surface area contributed by atoms with Gasteiger partial charge in [0, 0.05) is 26.3 Å². The fourth-order valence-electron chi connectivity index (χ4n) is 7.44. The number of likely N-dealkylation sites (tertiary alicyclic amines) is 1. The molecule has 3 heterocycles. The molecule has 2 aromatic heterocycles. The van der Waals surface area contributed by atoms with Gasteiger partial charge in [-0.25, -0.2) is 14.6 Å². The average molecular weight is 454 g/mol. The zero-order valence-corrected chi connectivity index (χ0v) is 19.2. The summed E-state index contributed by atoms with van der Waals surface area (Å²) in [7, 11) is 1.76. The molecule has 9 nitrogen and oxygen atoms in total. The highest BCUT2D eigenvalue weighted by Crippen LogP contribution is 2.60. The Morgan fingerprint density at radius 2 is 1.94 bits per heavy atom. The van der Waals surface area contributed by atoms with Crippen molar-refractivity contribution in [3.63, 3.8) is 0 Å². The number of amides is 2. The van der Waals surface area contributed by atoms with E-state index in [2.05, 4.69) is 4.98 Å². The van der Waals surface area contributed by atoms with Crippen molar-refractivity contribution in [1.82, 2.24) is 19.0 Å². The zero-order valence-electron chi connectivity index (χ0n) is 19.2. The van der Waals surface area contributed by atoms with Crippen molar-refractivity contribution < 1.29 is 14.3 Å². The summed E-state index contributed by atoms with van der Waals surface area (Å²) in [5.41, 5.74) is 7.74. The van der Waals surface area contributed by atoms with Crippen LogP contribution in [0.15, 0.2) is 17.1 Å². The quantitative estimate of drug-likeness (QED) is 0.765. The molecule has 33 heavy (non-hydrogen) atoms. The number of pyridine rings is 1. The highest BCUT2D eigenvalue weighted by molar-refractivity contribution is 5.81.